The van der Waals surface area contributed by atoms with E-state index < -0.39 is 0 Å². The normalized spacial score (nSPS) is 11.9. The molecule has 2 nitrogen and oxygen atoms in total. The van der Waals surface area contributed by atoms with Gasteiger partial charge in [0.1, 0.15) is 5.75 Å². The van der Waals surface area contributed by atoms with Crippen molar-refractivity contribution in [3.05, 3.63) is 29.3 Å². The first kappa shape index (κ1) is 13.3. The standard InChI is InChI=1S/C11H17NO.ClH/c1-3-10(12)7-9-6-8(2)4-5-11(9)13;/h4-6,10,13H,3,7,12H2,1-2H3;1H. The maximum Gasteiger partial charge on any atom is 0.118 e. The van der Waals surface area contributed by atoms with Gasteiger partial charge in [-0.3, -0.25) is 0 Å². The van der Waals surface area contributed by atoms with Crippen LogP contribution in [-0.4, -0.2) is 11.1 Å². The molecule has 3 heteroatoms. The van der Waals surface area contributed by atoms with Gasteiger partial charge >= 0.3 is 0 Å². The first-order valence-electron chi connectivity index (χ1n) is 4.67. The Balaban J connectivity index is 0.00000169. The van der Waals surface area contributed by atoms with Gasteiger partial charge in [-0.1, -0.05) is 24.6 Å². The quantitative estimate of drug-likeness (QED) is 0.814. The summed E-state index contributed by atoms with van der Waals surface area (Å²) in [5.74, 6) is 0.356. The van der Waals surface area contributed by atoms with E-state index in [1.165, 1.54) is 0 Å². The molecule has 0 bridgehead atoms. The minimum atomic E-state index is 0. The maximum absolute atomic E-state index is 9.52. The summed E-state index contributed by atoms with van der Waals surface area (Å²) in [7, 11) is 0. The highest BCUT2D eigenvalue weighted by atomic mass is 35.5. The molecule has 0 aromatic heterocycles. The number of phenolic OH excluding ortho intramolecular Hbond substituents is 1. The van der Waals surface area contributed by atoms with Gasteiger partial charge in [0.05, 0.1) is 0 Å². The first-order valence-corrected chi connectivity index (χ1v) is 4.67. The van der Waals surface area contributed by atoms with Gasteiger partial charge in [-0.05, 0) is 31.4 Å². The van der Waals surface area contributed by atoms with Crippen LogP contribution >= 0.6 is 12.4 Å². The number of halogens is 1. The van der Waals surface area contributed by atoms with Crippen molar-refractivity contribution in [2.24, 2.45) is 5.73 Å². The number of benzene rings is 1. The Bertz CT molecular complexity index is 289. The molecule has 0 aliphatic rings. The van der Waals surface area contributed by atoms with Crippen LogP contribution < -0.4 is 5.73 Å². The van der Waals surface area contributed by atoms with E-state index in [0.717, 1.165) is 24.0 Å². The molecule has 0 aliphatic carbocycles. The Hall–Kier alpha value is -0.730. The van der Waals surface area contributed by atoms with Crippen molar-refractivity contribution in [2.45, 2.75) is 32.7 Å². The summed E-state index contributed by atoms with van der Waals surface area (Å²) < 4.78 is 0. The number of hydrogen-bond acceptors (Lipinski definition) is 2. The Morgan fingerprint density at radius 1 is 1.43 bits per heavy atom. The van der Waals surface area contributed by atoms with E-state index in [1.54, 1.807) is 6.07 Å². The fraction of sp³-hybridized carbons (Fsp3) is 0.455. The second-order valence-corrected chi connectivity index (χ2v) is 3.50. The SMILES string of the molecule is CCC(N)Cc1cc(C)ccc1O.Cl. The van der Waals surface area contributed by atoms with Crippen LogP contribution in [0.5, 0.6) is 5.75 Å². The molecule has 0 saturated heterocycles. The Morgan fingerprint density at radius 3 is 2.64 bits per heavy atom. The number of aryl methyl sites for hydroxylation is 1. The first-order chi connectivity index (χ1) is 6.13. The van der Waals surface area contributed by atoms with Gasteiger partial charge in [0.15, 0.2) is 0 Å². The number of nitrogens with two attached hydrogens (primary N) is 1. The minimum Gasteiger partial charge on any atom is -0.508 e. The van der Waals surface area contributed by atoms with Crippen molar-refractivity contribution in [3.8, 4) is 5.75 Å². The molecular formula is C11H18ClNO. The van der Waals surface area contributed by atoms with Crippen molar-refractivity contribution in [1.82, 2.24) is 0 Å². The molecule has 0 spiro atoms. The fourth-order valence-electron chi connectivity index (χ4n) is 1.30. The lowest BCUT2D eigenvalue weighted by Gasteiger charge is -2.10. The molecule has 1 aromatic carbocycles. The van der Waals surface area contributed by atoms with Gasteiger partial charge in [-0.25, -0.2) is 0 Å². The number of hydrogen-bond donors (Lipinski definition) is 2. The molecule has 0 heterocycles. The summed E-state index contributed by atoms with van der Waals surface area (Å²) >= 11 is 0. The zero-order valence-corrected chi connectivity index (χ0v) is 9.47. The molecule has 0 aliphatic heterocycles. The molecule has 0 amide bonds. The van der Waals surface area contributed by atoms with Crippen molar-refractivity contribution in [2.75, 3.05) is 0 Å². The molecule has 1 atom stereocenters. The van der Waals surface area contributed by atoms with E-state index in [4.69, 9.17) is 5.73 Å². The van der Waals surface area contributed by atoms with Crippen LogP contribution in [0, 0.1) is 6.92 Å². The summed E-state index contributed by atoms with van der Waals surface area (Å²) in [5.41, 5.74) is 7.93. The largest absolute Gasteiger partial charge is 0.508 e. The Kier molecular flexibility index (Phi) is 5.58. The van der Waals surface area contributed by atoms with E-state index in [0.29, 0.717) is 5.75 Å². The monoisotopic (exact) mass is 215 g/mol. The Labute approximate surface area is 91.5 Å². The summed E-state index contributed by atoms with van der Waals surface area (Å²) in [4.78, 5) is 0. The van der Waals surface area contributed by atoms with Gasteiger partial charge < -0.3 is 10.8 Å². The Morgan fingerprint density at radius 2 is 2.07 bits per heavy atom. The van der Waals surface area contributed by atoms with E-state index in [-0.39, 0.29) is 18.4 Å². The summed E-state index contributed by atoms with van der Waals surface area (Å²) in [6.07, 6.45) is 1.69. The molecule has 1 aromatic rings. The third kappa shape index (κ3) is 3.56. The minimum absolute atomic E-state index is 0. The molecule has 14 heavy (non-hydrogen) atoms. The highest BCUT2D eigenvalue weighted by Gasteiger charge is 2.05. The van der Waals surface area contributed by atoms with Crippen LogP contribution in [0.3, 0.4) is 0 Å². The van der Waals surface area contributed by atoms with Crippen LogP contribution in [-0.2, 0) is 6.42 Å². The molecular weight excluding hydrogens is 198 g/mol. The molecule has 0 fully saturated rings. The highest BCUT2D eigenvalue weighted by Crippen LogP contribution is 2.19. The topological polar surface area (TPSA) is 46.2 Å². The second-order valence-electron chi connectivity index (χ2n) is 3.50. The van der Waals surface area contributed by atoms with E-state index >= 15 is 0 Å². The van der Waals surface area contributed by atoms with Crippen molar-refractivity contribution >= 4 is 12.4 Å². The van der Waals surface area contributed by atoms with Gasteiger partial charge in [0.25, 0.3) is 0 Å². The van der Waals surface area contributed by atoms with Crippen LogP contribution in [0.15, 0.2) is 18.2 Å². The van der Waals surface area contributed by atoms with E-state index in [1.807, 2.05) is 19.1 Å². The molecule has 1 rings (SSSR count). The number of phenols is 1. The van der Waals surface area contributed by atoms with Gasteiger partial charge in [0.2, 0.25) is 0 Å². The van der Waals surface area contributed by atoms with Crippen molar-refractivity contribution < 1.29 is 5.11 Å². The average molecular weight is 216 g/mol. The molecule has 0 saturated carbocycles. The summed E-state index contributed by atoms with van der Waals surface area (Å²) in [6, 6.07) is 5.77. The van der Waals surface area contributed by atoms with E-state index in [9.17, 15) is 5.11 Å². The lowest BCUT2D eigenvalue weighted by atomic mass is 10.0. The van der Waals surface area contributed by atoms with Crippen LogP contribution in [0.1, 0.15) is 24.5 Å². The second kappa shape index (κ2) is 5.89. The molecule has 0 radical (unpaired) electrons. The van der Waals surface area contributed by atoms with Gasteiger partial charge in [0, 0.05) is 6.04 Å². The van der Waals surface area contributed by atoms with Crippen molar-refractivity contribution in [1.29, 1.82) is 0 Å². The van der Waals surface area contributed by atoms with Gasteiger partial charge in [-0.2, -0.15) is 0 Å². The predicted octanol–water partition coefficient (Wildman–Crippen LogP) is 2.40. The summed E-state index contributed by atoms with van der Waals surface area (Å²) in [6.45, 7) is 4.07. The van der Waals surface area contributed by atoms with Crippen molar-refractivity contribution in [3.63, 3.8) is 0 Å². The van der Waals surface area contributed by atoms with Crippen LogP contribution in [0.25, 0.3) is 0 Å². The zero-order chi connectivity index (χ0) is 9.84. The average Bonchev–Trinajstić information content (AvgIpc) is 2.11. The van der Waals surface area contributed by atoms with Crippen LogP contribution in [0.2, 0.25) is 0 Å². The summed E-state index contributed by atoms with van der Waals surface area (Å²) in [5, 5.41) is 9.52. The number of rotatable bonds is 3. The molecule has 3 N–H and O–H groups in total. The zero-order valence-electron chi connectivity index (χ0n) is 8.66. The smallest absolute Gasteiger partial charge is 0.118 e. The lowest BCUT2D eigenvalue weighted by molar-refractivity contribution is 0.463. The third-order valence-electron chi connectivity index (χ3n) is 2.24. The lowest BCUT2D eigenvalue weighted by Crippen LogP contribution is -2.21. The molecule has 80 valence electrons. The fourth-order valence-corrected chi connectivity index (χ4v) is 1.30. The van der Waals surface area contributed by atoms with E-state index in [2.05, 4.69) is 6.92 Å². The predicted molar refractivity (Wildman–Crippen MR) is 62.1 cm³/mol. The highest BCUT2D eigenvalue weighted by molar-refractivity contribution is 5.85. The molecule has 1 unspecified atom stereocenters. The number of aromatic hydroxyl groups is 1. The van der Waals surface area contributed by atoms with Gasteiger partial charge in [-0.15, -0.1) is 12.4 Å². The maximum atomic E-state index is 9.52. The van der Waals surface area contributed by atoms with Crippen LogP contribution in [0.4, 0.5) is 0 Å². The third-order valence-corrected chi connectivity index (χ3v) is 2.24.